The molecule has 1 saturated heterocycles. The monoisotopic (exact) mass is 397 g/mol. The molecule has 3 aromatic rings. The van der Waals surface area contributed by atoms with Gasteiger partial charge in [-0.05, 0) is 40.4 Å². The van der Waals surface area contributed by atoms with Crippen molar-refractivity contribution in [3.63, 3.8) is 0 Å². The number of rotatable bonds is 4. The zero-order chi connectivity index (χ0) is 17.2. The Morgan fingerprint density at radius 3 is 3.04 bits per heavy atom. The lowest BCUT2D eigenvalue weighted by molar-refractivity contribution is 0.643. The molecule has 0 aromatic carbocycles. The third kappa shape index (κ3) is 2.96. The minimum absolute atomic E-state index is 0.241. The van der Waals surface area contributed by atoms with Crippen molar-refractivity contribution in [3.8, 4) is 6.07 Å². The van der Waals surface area contributed by atoms with Crippen LogP contribution in [0.15, 0.2) is 35.5 Å². The van der Waals surface area contributed by atoms with Crippen LogP contribution in [0.25, 0.3) is 11.0 Å². The van der Waals surface area contributed by atoms with Crippen molar-refractivity contribution >= 4 is 32.8 Å². The number of pyridine rings is 1. The number of nitriles is 1. The maximum absolute atomic E-state index is 8.81. The van der Waals surface area contributed by atoms with Crippen molar-refractivity contribution < 1.29 is 0 Å². The van der Waals surface area contributed by atoms with E-state index in [1.807, 2.05) is 6.20 Å². The van der Waals surface area contributed by atoms with E-state index < -0.39 is 0 Å². The summed E-state index contributed by atoms with van der Waals surface area (Å²) in [6, 6.07) is 4.51. The molecule has 0 spiro atoms. The highest BCUT2D eigenvalue weighted by Gasteiger charge is 2.29. The molecule has 4 rings (SSSR count). The standard InChI is InChI=1S/C17H16BrN7/c18-13-7-12(8-20-9-13)15-3-1-5-24(15)16-14-10-23-25(6-2-4-19)17(14)22-11-21-16/h7-11,15H,1-3,5-6H2. The molecule has 0 N–H and O–H groups in total. The van der Waals surface area contributed by atoms with Crippen LogP contribution in [0.2, 0.25) is 0 Å². The number of nitrogens with zero attached hydrogens (tertiary/aromatic N) is 7. The molecule has 0 bridgehead atoms. The molecular formula is C17H16BrN7. The van der Waals surface area contributed by atoms with Gasteiger partial charge in [0.05, 0.1) is 36.7 Å². The first-order chi connectivity index (χ1) is 12.3. The molecule has 1 atom stereocenters. The van der Waals surface area contributed by atoms with E-state index in [9.17, 15) is 0 Å². The predicted octanol–water partition coefficient (Wildman–Crippen LogP) is 3.24. The highest BCUT2D eigenvalue weighted by atomic mass is 79.9. The number of aromatic nitrogens is 5. The molecule has 4 heterocycles. The van der Waals surface area contributed by atoms with E-state index in [0.29, 0.717) is 13.0 Å². The lowest BCUT2D eigenvalue weighted by Gasteiger charge is -2.26. The maximum atomic E-state index is 8.81. The van der Waals surface area contributed by atoms with E-state index >= 15 is 0 Å². The van der Waals surface area contributed by atoms with Gasteiger partial charge in [0.1, 0.15) is 12.1 Å². The Labute approximate surface area is 153 Å². The van der Waals surface area contributed by atoms with Gasteiger partial charge in [0, 0.05) is 23.4 Å². The fourth-order valence-electron chi connectivity index (χ4n) is 3.41. The first kappa shape index (κ1) is 16.0. The predicted molar refractivity (Wildman–Crippen MR) is 96.8 cm³/mol. The summed E-state index contributed by atoms with van der Waals surface area (Å²) in [6.45, 7) is 1.47. The molecule has 0 amide bonds. The van der Waals surface area contributed by atoms with E-state index in [1.54, 1.807) is 23.4 Å². The van der Waals surface area contributed by atoms with Gasteiger partial charge in [-0.15, -0.1) is 0 Å². The minimum atomic E-state index is 0.241. The number of aryl methyl sites for hydroxylation is 1. The second-order valence-corrected chi connectivity index (χ2v) is 6.91. The lowest BCUT2D eigenvalue weighted by Crippen LogP contribution is -2.24. The van der Waals surface area contributed by atoms with Crippen LogP contribution >= 0.6 is 15.9 Å². The molecular weight excluding hydrogens is 382 g/mol. The molecule has 0 radical (unpaired) electrons. The Bertz CT molecular complexity index is 946. The van der Waals surface area contributed by atoms with Crippen LogP contribution in [0, 0.1) is 11.3 Å². The summed E-state index contributed by atoms with van der Waals surface area (Å²) in [5.74, 6) is 0.899. The van der Waals surface area contributed by atoms with Crippen molar-refractivity contribution in [2.45, 2.75) is 31.8 Å². The fraction of sp³-hybridized carbons (Fsp3) is 0.353. The summed E-state index contributed by atoms with van der Waals surface area (Å²) in [4.78, 5) is 15.5. The van der Waals surface area contributed by atoms with Crippen molar-refractivity contribution in [1.29, 1.82) is 5.26 Å². The van der Waals surface area contributed by atoms with Crippen LogP contribution in [-0.4, -0.2) is 31.3 Å². The van der Waals surface area contributed by atoms with Crippen molar-refractivity contribution in [2.75, 3.05) is 11.4 Å². The molecule has 8 heteroatoms. The molecule has 1 aliphatic rings. The molecule has 1 unspecified atom stereocenters. The Morgan fingerprint density at radius 2 is 2.20 bits per heavy atom. The van der Waals surface area contributed by atoms with Gasteiger partial charge in [0.15, 0.2) is 5.65 Å². The van der Waals surface area contributed by atoms with Gasteiger partial charge in [-0.2, -0.15) is 10.4 Å². The van der Waals surface area contributed by atoms with Crippen LogP contribution in [0.5, 0.6) is 0 Å². The zero-order valence-electron chi connectivity index (χ0n) is 13.5. The topological polar surface area (TPSA) is 83.5 Å². The number of fused-ring (bicyclic) bond motifs is 1. The van der Waals surface area contributed by atoms with E-state index in [4.69, 9.17) is 5.26 Å². The second kappa shape index (κ2) is 6.76. The first-order valence-corrected chi connectivity index (χ1v) is 8.98. The van der Waals surface area contributed by atoms with Gasteiger partial charge in [-0.1, -0.05) is 0 Å². The Balaban J connectivity index is 1.73. The Morgan fingerprint density at radius 1 is 1.28 bits per heavy atom. The van der Waals surface area contributed by atoms with E-state index in [0.717, 1.165) is 40.7 Å². The molecule has 1 aliphatic heterocycles. The van der Waals surface area contributed by atoms with Crippen molar-refractivity contribution in [1.82, 2.24) is 24.7 Å². The van der Waals surface area contributed by atoms with Crippen LogP contribution in [0.3, 0.4) is 0 Å². The SMILES string of the molecule is N#CCCn1ncc2c(N3CCCC3c3cncc(Br)c3)ncnc21. The van der Waals surface area contributed by atoms with E-state index in [2.05, 4.69) is 53.0 Å². The second-order valence-electron chi connectivity index (χ2n) is 6.00. The van der Waals surface area contributed by atoms with Crippen LogP contribution in [0.4, 0.5) is 5.82 Å². The van der Waals surface area contributed by atoms with Gasteiger partial charge >= 0.3 is 0 Å². The summed E-state index contributed by atoms with van der Waals surface area (Å²) in [6.07, 6.45) is 9.67. The number of hydrogen-bond acceptors (Lipinski definition) is 6. The summed E-state index contributed by atoms with van der Waals surface area (Å²) in [5.41, 5.74) is 1.95. The lowest BCUT2D eigenvalue weighted by atomic mass is 10.1. The first-order valence-electron chi connectivity index (χ1n) is 8.18. The zero-order valence-corrected chi connectivity index (χ0v) is 15.1. The minimum Gasteiger partial charge on any atom is -0.349 e. The number of anilines is 1. The van der Waals surface area contributed by atoms with Gasteiger partial charge in [0.25, 0.3) is 0 Å². The van der Waals surface area contributed by atoms with Gasteiger partial charge in [-0.25, -0.2) is 14.6 Å². The highest BCUT2D eigenvalue weighted by molar-refractivity contribution is 9.10. The average molecular weight is 398 g/mol. The molecule has 0 aliphatic carbocycles. The molecule has 0 saturated carbocycles. The third-order valence-corrected chi connectivity index (χ3v) is 4.92. The summed E-state index contributed by atoms with van der Waals surface area (Å²) < 4.78 is 2.75. The number of halogens is 1. The third-order valence-electron chi connectivity index (χ3n) is 4.48. The molecule has 7 nitrogen and oxygen atoms in total. The number of hydrogen-bond donors (Lipinski definition) is 0. The Hall–Kier alpha value is -2.53. The summed E-state index contributed by atoms with van der Waals surface area (Å²) in [7, 11) is 0. The van der Waals surface area contributed by atoms with Crippen LogP contribution in [0.1, 0.15) is 30.9 Å². The van der Waals surface area contributed by atoms with E-state index in [-0.39, 0.29) is 6.04 Å². The Kier molecular flexibility index (Phi) is 4.32. The van der Waals surface area contributed by atoms with Gasteiger partial charge in [0.2, 0.25) is 0 Å². The summed E-state index contributed by atoms with van der Waals surface area (Å²) >= 11 is 3.51. The molecule has 126 valence electrons. The highest BCUT2D eigenvalue weighted by Crippen LogP contribution is 2.38. The van der Waals surface area contributed by atoms with Crippen LogP contribution < -0.4 is 4.90 Å². The largest absolute Gasteiger partial charge is 0.349 e. The molecule has 25 heavy (non-hydrogen) atoms. The maximum Gasteiger partial charge on any atom is 0.163 e. The smallest absolute Gasteiger partial charge is 0.163 e. The van der Waals surface area contributed by atoms with E-state index in [1.165, 1.54) is 5.56 Å². The van der Waals surface area contributed by atoms with Crippen molar-refractivity contribution in [2.24, 2.45) is 0 Å². The quantitative estimate of drug-likeness (QED) is 0.671. The van der Waals surface area contributed by atoms with Gasteiger partial charge in [-0.3, -0.25) is 4.98 Å². The molecule has 3 aromatic heterocycles. The fourth-order valence-corrected chi connectivity index (χ4v) is 3.79. The van der Waals surface area contributed by atoms with Crippen molar-refractivity contribution in [3.05, 3.63) is 41.0 Å². The normalized spacial score (nSPS) is 17.1. The average Bonchev–Trinajstić information content (AvgIpc) is 3.27. The van der Waals surface area contributed by atoms with Crippen LogP contribution in [-0.2, 0) is 6.54 Å². The van der Waals surface area contributed by atoms with Gasteiger partial charge < -0.3 is 4.90 Å². The summed E-state index contributed by atoms with van der Waals surface area (Å²) in [5, 5.41) is 14.1. The molecule has 1 fully saturated rings.